The normalized spacial score (nSPS) is 11.6. The third kappa shape index (κ3) is 6.12. The Morgan fingerprint density at radius 2 is 1.75 bits per heavy atom. The van der Waals surface area contributed by atoms with Crippen molar-refractivity contribution in [3.8, 4) is 5.75 Å². The Kier molecular flexibility index (Phi) is 8.05. The molecule has 0 aromatic heterocycles. The molecule has 0 saturated heterocycles. The molecule has 5 nitrogen and oxygen atoms in total. The Balaban J connectivity index is 2.13. The van der Waals surface area contributed by atoms with E-state index in [0.29, 0.717) is 18.8 Å². The number of hydrogen-bond acceptors (Lipinski definition) is 3. The number of amides is 2. The molecule has 0 heterocycles. The zero-order valence-electron chi connectivity index (χ0n) is 17.2. The molecule has 2 rings (SSSR count). The van der Waals surface area contributed by atoms with Crippen LogP contribution in [0.25, 0.3) is 0 Å². The van der Waals surface area contributed by atoms with Gasteiger partial charge >= 0.3 is 0 Å². The second kappa shape index (κ2) is 10.5. The lowest BCUT2D eigenvalue weighted by Crippen LogP contribution is -2.49. The quantitative estimate of drug-likeness (QED) is 0.721. The fraction of sp³-hybridized carbons (Fsp3) is 0.391. The first-order valence-corrected chi connectivity index (χ1v) is 9.73. The Morgan fingerprint density at radius 3 is 2.39 bits per heavy atom. The number of nitrogens with one attached hydrogen (secondary N) is 1. The zero-order valence-corrected chi connectivity index (χ0v) is 17.2. The summed E-state index contributed by atoms with van der Waals surface area (Å²) in [5.41, 5.74) is 3.23. The number of rotatable bonds is 9. The SMILES string of the molecule is CCCNC(=O)[C@@H](C)N(Cc1ccccc1C)C(=O)COc1ccc(C)cc1. The number of carbonyl (C=O) groups is 2. The molecule has 2 amide bonds. The van der Waals surface area contributed by atoms with E-state index in [2.05, 4.69) is 5.32 Å². The molecule has 2 aromatic carbocycles. The predicted octanol–water partition coefficient (Wildman–Crippen LogP) is 3.63. The molecule has 28 heavy (non-hydrogen) atoms. The maximum atomic E-state index is 12.9. The molecule has 1 N–H and O–H groups in total. The summed E-state index contributed by atoms with van der Waals surface area (Å²) in [4.78, 5) is 27.0. The van der Waals surface area contributed by atoms with Gasteiger partial charge in [-0.1, -0.05) is 48.9 Å². The van der Waals surface area contributed by atoms with Crippen LogP contribution in [-0.4, -0.2) is 35.9 Å². The van der Waals surface area contributed by atoms with E-state index < -0.39 is 6.04 Å². The lowest BCUT2D eigenvalue weighted by atomic mass is 10.1. The Bertz CT molecular complexity index is 787. The topological polar surface area (TPSA) is 58.6 Å². The first-order chi connectivity index (χ1) is 13.4. The van der Waals surface area contributed by atoms with E-state index in [9.17, 15) is 9.59 Å². The molecular weight excluding hydrogens is 352 g/mol. The van der Waals surface area contributed by atoms with Crippen LogP contribution in [0.5, 0.6) is 5.75 Å². The molecular formula is C23H30N2O3. The minimum absolute atomic E-state index is 0.111. The number of hydrogen-bond donors (Lipinski definition) is 1. The van der Waals surface area contributed by atoms with Crippen LogP contribution in [0, 0.1) is 13.8 Å². The first kappa shape index (κ1) is 21.5. The molecule has 0 aliphatic carbocycles. The van der Waals surface area contributed by atoms with Crippen molar-refractivity contribution in [3.05, 3.63) is 65.2 Å². The van der Waals surface area contributed by atoms with Crippen molar-refractivity contribution < 1.29 is 14.3 Å². The average Bonchev–Trinajstić information content (AvgIpc) is 2.70. The van der Waals surface area contributed by atoms with Crippen LogP contribution >= 0.6 is 0 Å². The molecule has 2 aromatic rings. The molecule has 0 radical (unpaired) electrons. The van der Waals surface area contributed by atoms with Crippen molar-refractivity contribution in [3.63, 3.8) is 0 Å². The Hall–Kier alpha value is -2.82. The molecule has 0 unspecified atom stereocenters. The maximum Gasteiger partial charge on any atom is 0.261 e. The number of ether oxygens (including phenoxy) is 1. The minimum atomic E-state index is -0.583. The van der Waals surface area contributed by atoms with Gasteiger partial charge in [0, 0.05) is 13.1 Å². The molecule has 0 saturated carbocycles. The predicted molar refractivity (Wildman–Crippen MR) is 111 cm³/mol. The van der Waals surface area contributed by atoms with Crippen molar-refractivity contribution in [2.45, 2.75) is 46.7 Å². The number of nitrogens with zero attached hydrogens (tertiary/aromatic N) is 1. The van der Waals surface area contributed by atoms with Gasteiger partial charge in [0.1, 0.15) is 11.8 Å². The molecule has 0 fully saturated rings. The van der Waals surface area contributed by atoms with E-state index in [0.717, 1.165) is 23.1 Å². The van der Waals surface area contributed by atoms with Gasteiger partial charge in [0.05, 0.1) is 0 Å². The van der Waals surface area contributed by atoms with E-state index in [1.165, 1.54) is 0 Å². The summed E-state index contributed by atoms with van der Waals surface area (Å²) in [5, 5.41) is 2.87. The monoisotopic (exact) mass is 382 g/mol. The van der Waals surface area contributed by atoms with Crippen molar-refractivity contribution in [1.82, 2.24) is 10.2 Å². The maximum absolute atomic E-state index is 12.9. The number of benzene rings is 2. The first-order valence-electron chi connectivity index (χ1n) is 9.73. The highest BCUT2D eigenvalue weighted by Crippen LogP contribution is 2.15. The van der Waals surface area contributed by atoms with E-state index in [1.54, 1.807) is 11.8 Å². The highest BCUT2D eigenvalue weighted by molar-refractivity contribution is 5.87. The van der Waals surface area contributed by atoms with Crippen LogP contribution in [0.2, 0.25) is 0 Å². The van der Waals surface area contributed by atoms with Gasteiger partial charge < -0.3 is 15.0 Å². The van der Waals surface area contributed by atoms with Crippen LogP contribution < -0.4 is 10.1 Å². The summed E-state index contributed by atoms with van der Waals surface area (Å²) in [6.07, 6.45) is 0.848. The molecule has 0 aliphatic rings. The minimum Gasteiger partial charge on any atom is -0.484 e. The summed E-state index contributed by atoms with van der Waals surface area (Å²) in [5.74, 6) is 0.264. The van der Waals surface area contributed by atoms with Gasteiger partial charge in [-0.3, -0.25) is 9.59 Å². The molecule has 1 atom stereocenters. The van der Waals surface area contributed by atoms with Gasteiger partial charge in [0.15, 0.2) is 6.61 Å². The lowest BCUT2D eigenvalue weighted by Gasteiger charge is -2.29. The molecule has 0 bridgehead atoms. The van der Waals surface area contributed by atoms with E-state index in [4.69, 9.17) is 4.74 Å². The third-order valence-corrected chi connectivity index (χ3v) is 4.70. The smallest absolute Gasteiger partial charge is 0.261 e. The Labute approximate surface area is 167 Å². The van der Waals surface area contributed by atoms with Crippen LogP contribution in [0.4, 0.5) is 0 Å². The van der Waals surface area contributed by atoms with E-state index in [1.807, 2.05) is 69.3 Å². The third-order valence-electron chi connectivity index (χ3n) is 4.70. The van der Waals surface area contributed by atoms with Crippen LogP contribution in [-0.2, 0) is 16.1 Å². The second-order valence-corrected chi connectivity index (χ2v) is 7.02. The molecule has 0 spiro atoms. The van der Waals surface area contributed by atoms with Crippen molar-refractivity contribution >= 4 is 11.8 Å². The fourth-order valence-corrected chi connectivity index (χ4v) is 2.81. The summed E-state index contributed by atoms with van der Waals surface area (Å²) < 4.78 is 5.66. The summed E-state index contributed by atoms with van der Waals surface area (Å²) >= 11 is 0. The highest BCUT2D eigenvalue weighted by atomic mass is 16.5. The standard InChI is InChI=1S/C23H30N2O3/c1-5-14-24-23(27)19(4)25(15-20-9-7-6-8-18(20)3)22(26)16-28-21-12-10-17(2)11-13-21/h6-13,19H,5,14-16H2,1-4H3,(H,24,27)/t19-/m1/s1. The van der Waals surface area contributed by atoms with E-state index >= 15 is 0 Å². The van der Waals surface area contributed by atoms with Crippen molar-refractivity contribution in [2.75, 3.05) is 13.2 Å². The van der Waals surface area contributed by atoms with Gasteiger partial charge in [0.2, 0.25) is 5.91 Å². The van der Waals surface area contributed by atoms with Crippen LogP contribution in [0.15, 0.2) is 48.5 Å². The van der Waals surface area contributed by atoms with Gasteiger partial charge in [-0.15, -0.1) is 0 Å². The average molecular weight is 383 g/mol. The van der Waals surface area contributed by atoms with Crippen molar-refractivity contribution in [1.29, 1.82) is 0 Å². The molecule has 5 heteroatoms. The Morgan fingerprint density at radius 1 is 1.07 bits per heavy atom. The number of aryl methyl sites for hydroxylation is 2. The molecule has 0 aliphatic heterocycles. The van der Waals surface area contributed by atoms with Crippen molar-refractivity contribution in [2.24, 2.45) is 0 Å². The highest BCUT2D eigenvalue weighted by Gasteiger charge is 2.26. The van der Waals surface area contributed by atoms with Crippen LogP contribution in [0.3, 0.4) is 0 Å². The number of carbonyl (C=O) groups excluding carboxylic acids is 2. The summed E-state index contributed by atoms with van der Waals surface area (Å²) in [6, 6.07) is 14.9. The van der Waals surface area contributed by atoms with Gasteiger partial charge in [-0.05, 0) is 50.5 Å². The lowest BCUT2D eigenvalue weighted by molar-refractivity contribution is -0.142. The fourth-order valence-electron chi connectivity index (χ4n) is 2.81. The zero-order chi connectivity index (χ0) is 20.5. The van der Waals surface area contributed by atoms with Gasteiger partial charge in [-0.2, -0.15) is 0 Å². The van der Waals surface area contributed by atoms with E-state index in [-0.39, 0.29) is 18.4 Å². The van der Waals surface area contributed by atoms with Gasteiger partial charge in [-0.25, -0.2) is 0 Å². The summed E-state index contributed by atoms with van der Waals surface area (Å²) in [6.45, 7) is 8.60. The molecule has 150 valence electrons. The second-order valence-electron chi connectivity index (χ2n) is 7.02. The van der Waals surface area contributed by atoms with Gasteiger partial charge in [0.25, 0.3) is 5.91 Å². The van der Waals surface area contributed by atoms with Crippen LogP contribution in [0.1, 0.15) is 37.0 Å². The largest absolute Gasteiger partial charge is 0.484 e. The summed E-state index contributed by atoms with van der Waals surface area (Å²) in [7, 11) is 0.